The molecule has 4 heterocycles. The number of nitrogens with two attached hydrogens (primary N) is 1. The lowest BCUT2D eigenvalue weighted by Gasteiger charge is -2.35. The summed E-state index contributed by atoms with van der Waals surface area (Å²) < 4.78 is 25.3. The van der Waals surface area contributed by atoms with Gasteiger partial charge in [-0.25, -0.2) is 0 Å². The van der Waals surface area contributed by atoms with E-state index in [0.717, 1.165) is 95.8 Å². The Morgan fingerprint density at radius 1 is 0.922 bits per heavy atom. The molecule has 5 aromatic carbocycles. The summed E-state index contributed by atoms with van der Waals surface area (Å²) in [7, 11) is 3.26. The van der Waals surface area contributed by atoms with Crippen LogP contribution in [0.25, 0.3) is 16.8 Å². The number of phenolic OH excluding ortho intramolecular Hbond substituents is 1. The number of guanidine groups is 1. The van der Waals surface area contributed by atoms with E-state index in [4.69, 9.17) is 24.7 Å². The topological polar surface area (TPSA) is 230 Å². The third-order valence-corrected chi connectivity index (χ3v) is 18.8. The fourth-order valence-corrected chi connectivity index (χ4v) is 14.0. The van der Waals surface area contributed by atoms with Crippen LogP contribution in [0.4, 0.5) is 5.69 Å². The second kappa shape index (κ2) is 32.2. The van der Waals surface area contributed by atoms with Crippen LogP contribution in [0, 0.1) is 29.8 Å². The van der Waals surface area contributed by atoms with Crippen LogP contribution in [0.15, 0.2) is 107 Å². The summed E-state index contributed by atoms with van der Waals surface area (Å²) in [6.45, 7) is 12.0. The molecular weight excluding hydrogens is 1130 g/mol. The number of carbonyl (C=O) groups is 1. The number of ketones is 1. The zero-order valence-corrected chi connectivity index (χ0v) is 54.0. The van der Waals surface area contributed by atoms with Crippen molar-refractivity contribution in [3.05, 3.63) is 158 Å². The Morgan fingerprint density at radius 3 is 2.51 bits per heavy atom. The first-order valence-electron chi connectivity index (χ1n) is 33.0. The first-order valence-corrected chi connectivity index (χ1v) is 33.0. The van der Waals surface area contributed by atoms with Gasteiger partial charge in [0.1, 0.15) is 36.1 Å². The van der Waals surface area contributed by atoms with Crippen molar-refractivity contribution in [3.63, 3.8) is 0 Å². The highest BCUT2D eigenvalue weighted by Crippen LogP contribution is 2.51. The average Bonchev–Trinajstić information content (AvgIpc) is 0.753. The van der Waals surface area contributed by atoms with Crippen molar-refractivity contribution in [2.24, 2.45) is 28.5 Å². The molecule has 10 N–H and O–H groups in total. The van der Waals surface area contributed by atoms with Gasteiger partial charge in [0.15, 0.2) is 23.7 Å². The van der Waals surface area contributed by atoms with Crippen LogP contribution in [0.2, 0.25) is 0 Å². The van der Waals surface area contributed by atoms with Crippen molar-refractivity contribution in [1.82, 2.24) is 10.6 Å². The summed E-state index contributed by atoms with van der Waals surface area (Å²) in [4.78, 5) is 18.8. The van der Waals surface area contributed by atoms with Crippen LogP contribution in [-0.4, -0.2) is 96.1 Å². The third kappa shape index (κ3) is 16.7. The Bertz CT molecular complexity index is 3470. The molecule has 11 rings (SSSR count). The number of hydrogen-bond acceptors (Lipinski definition) is 13. The summed E-state index contributed by atoms with van der Waals surface area (Å²) >= 11 is 0. The number of nitrogens with one attached hydrogen (secondary N) is 3. The van der Waals surface area contributed by atoms with E-state index < -0.39 is 30.3 Å². The molecule has 9 unspecified atom stereocenters. The highest BCUT2D eigenvalue weighted by atomic mass is 16.5. The highest BCUT2D eigenvalue weighted by molar-refractivity contribution is 6.01. The van der Waals surface area contributed by atoms with E-state index in [1.54, 1.807) is 27.1 Å². The largest absolute Gasteiger partial charge is 0.508 e. The molecule has 0 aromatic heterocycles. The zero-order valence-electron chi connectivity index (χ0n) is 54.0. The average molecular weight is 1230 g/mol. The molecule has 0 saturated carbocycles. The molecule has 90 heavy (non-hydrogen) atoms. The van der Waals surface area contributed by atoms with Crippen LogP contribution in [0.1, 0.15) is 185 Å². The number of allylic oxidation sites excluding steroid dienone is 4. The molecule has 0 radical (unpaired) electrons. The predicted molar refractivity (Wildman–Crippen MR) is 359 cm³/mol. The summed E-state index contributed by atoms with van der Waals surface area (Å²) in [5.74, 6) is 3.04. The Morgan fingerprint density at radius 2 is 1.74 bits per heavy atom. The predicted octanol–water partition coefficient (Wildman–Crippen LogP) is 12.8. The highest BCUT2D eigenvalue weighted by Gasteiger charge is 2.38. The minimum Gasteiger partial charge on any atom is -0.508 e. The second-order valence-electron chi connectivity index (χ2n) is 25.2. The summed E-state index contributed by atoms with van der Waals surface area (Å²) in [6, 6.07) is 24.1. The Kier molecular flexibility index (Phi) is 24.1. The van der Waals surface area contributed by atoms with Gasteiger partial charge in [0.25, 0.3) is 0 Å². The van der Waals surface area contributed by atoms with E-state index in [-0.39, 0.29) is 72.1 Å². The van der Waals surface area contributed by atoms with Crippen LogP contribution < -0.4 is 31.2 Å². The lowest BCUT2D eigenvalue weighted by atomic mass is 9.70. The van der Waals surface area contributed by atoms with E-state index in [0.29, 0.717) is 92.4 Å². The number of anilines is 1. The monoisotopic (exact) mass is 1230 g/mol. The molecule has 0 fully saturated rings. The molecule has 482 valence electrons. The van der Waals surface area contributed by atoms with Gasteiger partial charge in [0.2, 0.25) is 0 Å². The number of aromatic hydroxyl groups is 1. The fraction of sp³-hybridized carbons (Fsp3) is 0.493. The molecule has 15 heteroatoms. The maximum atomic E-state index is 14.6. The molecule has 0 saturated heterocycles. The molecule has 15 nitrogen and oxygen atoms in total. The van der Waals surface area contributed by atoms with Crippen molar-refractivity contribution in [3.8, 4) is 29.3 Å². The van der Waals surface area contributed by atoms with Gasteiger partial charge in [0, 0.05) is 79.7 Å². The number of Topliss-reactive ketones (excluding diaryl/α,β-unsaturated/α-hetero) is 1. The lowest BCUT2D eigenvalue weighted by Crippen LogP contribution is -2.46. The van der Waals surface area contributed by atoms with Gasteiger partial charge in [0.05, 0.1) is 31.9 Å². The number of ether oxygens (including phenoxy) is 4. The first kappa shape index (κ1) is 67.2. The number of nitrogens with zero attached hydrogens (tertiary/aromatic N) is 1. The van der Waals surface area contributed by atoms with Crippen LogP contribution in [-0.2, 0) is 46.6 Å². The number of fused-ring (bicyclic) bond motifs is 8. The number of aliphatic imine (C=N–C) groups is 1. The molecular formula is C75H97N5O10. The lowest BCUT2D eigenvalue weighted by molar-refractivity contribution is -0.121. The fourth-order valence-electron chi connectivity index (χ4n) is 14.0. The molecule has 0 spiro atoms. The van der Waals surface area contributed by atoms with Crippen molar-refractivity contribution in [2.75, 3.05) is 45.8 Å². The number of unbranched alkanes of at least 4 members (excludes halogenated alkanes) is 3. The maximum absolute atomic E-state index is 14.6. The van der Waals surface area contributed by atoms with Crippen molar-refractivity contribution >= 4 is 34.3 Å². The normalized spacial score (nSPS) is 21.7. The summed E-state index contributed by atoms with van der Waals surface area (Å²) in [5.41, 5.74) is 16.3. The number of benzene rings is 5. The van der Waals surface area contributed by atoms with Gasteiger partial charge in [-0.05, 0) is 182 Å². The number of aliphatic hydroxyl groups is 4. The van der Waals surface area contributed by atoms with Gasteiger partial charge >= 0.3 is 0 Å². The van der Waals surface area contributed by atoms with Gasteiger partial charge in [-0.3, -0.25) is 15.1 Å². The number of phenols is 1. The minimum absolute atomic E-state index is 0.00494. The standard InChI is InChI=1S/C75H97N5O10/c1-8-11-12-22-57-50(20-16-23-66(57)80-75(76)77-6)18-13-14-19-51-37-62-54(44-79-71(9-2)78-43-47(5)81)38-61(52-21-15-17-48(34-52)30-32-88-10-3)59-31-33-89-56(36-53(51)39-67(62)83)40-55(82)27-25-49-26-29-69(87-7)70(35-49)90-45-65-58-28-24-46(4)60-42-68(84)73(59)64(72(58)60)41-63(65)74(85)86/h15-17,20-21,23-24,26,28-29,34-35,37,39,41-42,46-47,51,53-54,56,59,61,71,74,78-79,81,83-86H,8-14,18-19,22,25,27,30,32,36,38,40,43-45H2,1-7H3,(H3,76,77,80). The van der Waals surface area contributed by atoms with Gasteiger partial charge in [-0.1, -0.05) is 107 Å². The summed E-state index contributed by atoms with van der Waals surface area (Å²) in [6.07, 6.45) is 18.8. The molecule has 4 aliphatic heterocycles. The first-order chi connectivity index (χ1) is 43.6. The molecule has 10 bridgehead atoms. The molecule has 5 aromatic rings. The van der Waals surface area contributed by atoms with Gasteiger partial charge in [-0.2, -0.15) is 0 Å². The van der Waals surface area contributed by atoms with E-state index in [2.05, 4.69) is 108 Å². The molecule has 2 aliphatic carbocycles. The Labute approximate surface area is 533 Å². The quantitative estimate of drug-likeness (QED) is 0.00921. The van der Waals surface area contributed by atoms with Gasteiger partial charge in [-0.15, -0.1) is 0 Å². The number of hydrogen-bond donors (Lipinski definition) is 9. The zero-order chi connectivity index (χ0) is 63.8. The number of methoxy groups -OCH3 is 1. The second-order valence-corrected chi connectivity index (χ2v) is 25.2. The number of aryl methyl sites for hydroxylation is 2. The van der Waals surface area contributed by atoms with E-state index in [1.807, 2.05) is 43.3 Å². The van der Waals surface area contributed by atoms with Crippen molar-refractivity contribution < 1.29 is 49.3 Å². The van der Waals surface area contributed by atoms with E-state index in [1.165, 1.54) is 11.1 Å². The van der Waals surface area contributed by atoms with Crippen LogP contribution in [0.5, 0.6) is 17.2 Å². The summed E-state index contributed by atoms with van der Waals surface area (Å²) in [5, 5.41) is 71.5. The van der Waals surface area contributed by atoms with Crippen molar-refractivity contribution in [1.29, 1.82) is 0 Å². The maximum Gasteiger partial charge on any atom is 0.192 e. The van der Waals surface area contributed by atoms with Crippen LogP contribution >= 0.6 is 0 Å². The number of carbonyl (C=O) groups excluding carboxylic acids is 1. The van der Waals surface area contributed by atoms with E-state index in [9.17, 15) is 30.3 Å². The Hall–Kier alpha value is -7.16. The van der Waals surface area contributed by atoms with E-state index >= 15 is 0 Å². The number of aliphatic hydroxyl groups excluding tert-OH is 3. The SMILES string of the molecule is CCCCCc1c(CCCCC2C=C3C(O)=CC2CC2CC(=O)CCc4ccc(OC)c(c4)OCc4c(C(O)O)cc5c(c(O)cc6c5c4C=CC6C)C(C#CO2)C(c2cccc(CCOCC)c2)CC3CNC(CC)NCC(C)O)cccc1NC(N)=NC. The minimum atomic E-state index is -1.94. The molecule has 0 amide bonds. The molecule has 9 atom stereocenters. The smallest absolute Gasteiger partial charge is 0.192 e. The van der Waals surface area contributed by atoms with Gasteiger partial charge < -0.3 is 60.8 Å². The Balaban J connectivity index is 1.24. The van der Waals surface area contributed by atoms with Crippen molar-refractivity contribution in [2.45, 2.75) is 180 Å². The third-order valence-electron chi connectivity index (χ3n) is 18.8. The van der Waals surface area contributed by atoms with Crippen LogP contribution in [0.3, 0.4) is 0 Å². The number of rotatable bonds is 24. The molecule has 6 aliphatic rings.